The Balaban J connectivity index is 1.80. The highest BCUT2D eigenvalue weighted by Gasteiger charge is 2.17. The zero-order chi connectivity index (χ0) is 9.80. The van der Waals surface area contributed by atoms with Crippen molar-refractivity contribution in [1.82, 2.24) is 4.90 Å². The van der Waals surface area contributed by atoms with Gasteiger partial charge in [0.2, 0.25) is 0 Å². The van der Waals surface area contributed by atoms with E-state index in [2.05, 4.69) is 48.4 Å². The maximum Gasteiger partial charge on any atom is 0.0119 e. The van der Waals surface area contributed by atoms with Gasteiger partial charge in [0.15, 0.2) is 0 Å². The molecule has 0 saturated carbocycles. The molecule has 14 heavy (non-hydrogen) atoms. The van der Waals surface area contributed by atoms with E-state index in [9.17, 15) is 0 Å². The second-order valence-corrected chi connectivity index (χ2v) is 5.43. The normalized spacial score (nSPS) is 25.1. The minimum atomic E-state index is 0.847. The van der Waals surface area contributed by atoms with Gasteiger partial charge in [0, 0.05) is 10.2 Å². The molecule has 1 heterocycles. The van der Waals surface area contributed by atoms with Crippen LogP contribution in [-0.4, -0.2) is 30.3 Å². The first-order chi connectivity index (χ1) is 6.84. The third kappa shape index (κ3) is 2.89. The Hall–Kier alpha value is -0.210. The Kier molecular flexibility index (Phi) is 3.71. The van der Waals surface area contributed by atoms with Crippen molar-refractivity contribution in [3.8, 4) is 0 Å². The SMILES string of the molecule is CN1CCC(SC2=CC[CH]C=C2)CC1. The monoisotopic (exact) mass is 208 g/mol. The second-order valence-electron chi connectivity index (χ2n) is 4.06. The minimum Gasteiger partial charge on any atom is -0.306 e. The lowest BCUT2D eigenvalue weighted by Crippen LogP contribution is -2.31. The van der Waals surface area contributed by atoms with Gasteiger partial charge < -0.3 is 4.90 Å². The molecule has 0 unspecified atom stereocenters. The van der Waals surface area contributed by atoms with Gasteiger partial charge in [-0.1, -0.05) is 18.2 Å². The number of piperidine rings is 1. The van der Waals surface area contributed by atoms with E-state index >= 15 is 0 Å². The Morgan fingerprint density at radius 2 is 2.14 bits per heavy atom. The van der Waals surface area contributed by atoms with Crippen LogP contribution in [0.1, 0.15) is 19.3 Å². The number of allylic oxidation sites excluding steroid dienone is 3. The second kappa shape index (κ2) is 5.04. The summed E-state index contributed by atoms with van der Waals surface area (Å²) in [5, 5.41) is 0.847. The molecule has 1 nitrogen and oxygen atoms in total. The number of hydrogen-bond donors (Lipinski definition) is 0. The fraction of sp³-hybridized carbons (Fsp3) is 0.583. The Bertz CT molecular complexity index is 237. The van der Waals surface area contributed by atoms with Crippen LogP contribution in [0.2, 0.25) is 0 Å². The highest BCUT2D eigenvalue weighted by Crippen LogP contribution is 2.31. The molecule has 1 saturated heterocycles. The van der Waals surface area contributed by atoms with Gasteiger partial charge in [-0.25, -0.2) is 0 Å². The van der Waals surface area contributed by atoms with Crippen molar-refractivity contribution in [1.29, 1.82) is 0 Å². The van der Waals surface area contributed by atoms with Gasteiger partial charge in [0.1, 0.15) is 0 Å². The Labute approximate surface area is 91.2 Å². The van der Waals surface area contributed by atoms with Gasteiger partial charge in [0.25, 0.3) is 0 Å². The van der Waals surface area contributed by atoms with Crippen molar-refractivity contribution >= 4 is 11.8 Å². The molecule has 0 spiro atoms. The van der Waals surface area contributed by atoms with E-state index in [0.717, 1.165) is 11.7 Å². The van der Waals surface area contributed by atoms with Crippen molar-refractivity contribution < 1.29 is 0 Å². The van der Waals surface area contributed by atoms with Crippen LogP contribution in [0.4, 0.5) is 0 Å². The van der Waals surface area contributed by atoms with E-state index in [1.807, 2.05) is 0 Å². The van der Waals surface area contributed by atoms with Crippen LogP contribution in [0.15, 0.2) is 23.1 Å². The summed E-state index contributed by atoms with van der Waals surface area (Å²) in [5.41, 5.74) is 0. The molecule has 77 valence electrons. The average molecular weight is 208 g/mol. The lowest BCUT2D eigenvalue weighted by Gasteiger charge is -2.28. The molecular weight excluding hydrogens is 190 g/mol. The number of nitrogens with zero attached hydrogens (tertiary/aromatic N) is 1. The summed E-state index contributed by atoms with van der Waals surface area (Å²) in [5.74, 6) is 0. The zero-order valence-corrected chi connectivity index (χ0v) is 9.59. The molecule has 0 aromatic rings. The summed E-state index contributed by atoms with van der Waals surface area (Å²) in [4.78, 5) is 3.90. The standard InChI is InChI=1S/C12H18NS/c1-13-9-7-12(8-10-13)14-11-5-3-2-4-6-11/h2-3,5-6,12H,4,7-10H2,1H3. The first kappa shape index (κ1) is 10.3. The van der Waals surface area contributed by atoms with Gasteiger partial charge in [-0.15, -0.1) is 11.8 Å². The molecular formula is C12H18NS. The molecule has 2 rings (SSSR count). The fourth-order valence-electron chi connectivity index (χ4n) is 1.88. The molecule has 0 aromatic heterocycles. The lowest BCUT2D eigenvalue weighted by molar-refractivity contribution is 0.282. The molecule has 2 aliphatic rings. The number of likely N-dealkylation sites (tertiary alicyclic amines) is 1. The maximum absolute atomic E-state index is 2.43. The average Bonchev–Trinajstić information content (AvgIpc) is 2.23. The summed E-state index contributed by atoms with van der Waals surface area (Å²) in [6.45, 7) is 2.53. The van der Waals surface area contributed by atoms with Crippen LogP contribution in [-0.2, 0) is 0 Å². The van der Waals surface area contributed by atoms with Crippen LogP contribution >= 0.6 is 11.8 Å². The quantitative estimate of drug-likeness (QED) is 0.686. The molecule has 2 heteroatoms. The molecule has 0 aromatic carbocycles. The molecule has 1 aliphatic heterocycles. The summed E-state index contributed by atoms with van der Waals surface area (Å²) in [6.07, 6.45) is 12.8. The lowest BCUT2D eigenvalue weighted by atomic mass is 10.1. The van der Waals surface area contributed by atoms with Crippen molar-refractivity contribution in [2.24, 2.45) is 0 Å². The van der Waals surface area contributed by atoms with E-state index in [0.29, 0.717) is 0 Å². The third-order valence-corrected chi connectivity index (χ3v) is 4.20. The predicted octanol–water partition coefficient (Wildman–Crippen LogP) is 2.86. The van der Waals surface area contributed by atoms with Gasteiger partial charge in [0.05, 0.1) is 0 Å². The predicted molar refractivity (Wildman–Crippen MR) is 64.3 cm³/mol. The van der Waals surface area contributed by atoms with Crippen molar-refractivity contribution in [3.63, 3.8) is 0 Å². The summed E-state index contributed by atoms with van der Waals surface area (Å²) in [7, 11) is 2.22. The summed E-state index contributed by atoms with van der Waals surface area (Å²) < 4.78 is 0. The Morgan fingerprint density at radius 1 is 1.36 bits per heavy atom. The minimum absolute atomic E-state index is 0.847. The van der Waals surface area contributed by atoms with Crippen LogP contribution in [0, 0.1) is 6.42 Å². The molecule has 0 N–H and O–H groups in total. The first-order valence-electron chi connectivity index (χ1n) is 5.40. The molecule has 1 aliphatic carbocycles. The highest BCUT2D eigenvalue weighted by atomic mass is 32.2. The van der Waals surface area contributed by atoms with Gasteiger partial charge in [-0.2, -0.15) is 0 Å². The van der Waals surface area contributed by atoms with Crippen LogP contribution < -0.4 is 0 Å². The van der Waals surface area contributed by atoms with Gasteiger partial charge in [-0.05, 0) is 45.8 Å². The number of rotatable bonds is 2. The first-order valence-corrected chi connectivity index (χ1v) is 6.28. The fourth-order valence-corrected chi connectivity index (χ4v) is 3.06. The van der Waals surface area contributed by atoms with E-state index in [1.165, 1.54) is 30.8 Å². The van der Waals surface area contributed by atoms with Gasteiger partial charge >= 0.3 is 0 Å². The molecule has 1 fully saturated rings. The zero-order valence-electron chi connectivity index (χ0n) is 8.78. The number of hydrogen-bond acceptors (Lipinski definition) is 2. The highest BCUT2D eigenvalue weighted by molar-refractivity contribution is 8.03. The van der Waals surface area contributed by atoms with Crippen LogP contribution in [0.3, 0.4) is 0 Å². The van der Waals surface area contributed by atoms with Gasteiger partial charge in [-0.3, -0.25) is 0 Å². The van der Waals surface area contributed by atoms with Crippen molar-refractivity contribution in [2.45, 2.75) is 24.5 Å². The Morgan fingerprint density at radius 3 is 2.79 bits per heavy atom. The van der Waals surface area contributed by atoms with E-state index in [1.54, 1.807) is 0 Å². The molecule has 0 bridgehead atoms. The third-order valence-electron chi connectivity index (χ3n) is 2.82. The summed E-state index contributed by atoms with van der Waals surface area (Å²) >= 11 is 2.07. The topological polar surface area (TPSA) is 3.24 Å². The van der Waals surface area contributed by atoms with Crippen molar-refractivity contribution in [3.05, 3.63) is 29.6 Å². The van der Waals surface area contributed by atoms with E-state index in [-0.39, 0.29) is 0 Å². The summed E-state index contributed by atoms with van der Waals surface area (Å²) in [6, 6.07) is 0. The van der Waals surface area contributed by atoms with Crippen molar-refractivity contribution in [2.75, 3.05) is 20.1 Å². The number of thioether (sulfide) groups is 1. The van der Waals surface area contributed by atoms with Crippen LogP contribution in [0.25, 0.3) is 0 Å². The van der Waals surface area contributed by atoms with E-state index < -0.39 is 0 Å². The largest absolute Gasteiger partial charge is 0.306 e. The smallest absolute Gasteiger partial charge is 0.0119 e. The molecule has 0 atom stereocenters. The van der Waals surface area contributed by atoms with Crippen LogP contribution in [0.5, 0.6) is 0 Å². The molecule has 1 radical (unpaired) electrons. The van der Waals surface area contributed by atoms with E-state index in [4.69, 9.17) is 0 Å². The maximum atomic E-state index is 2.43. The molecule has 0 amide bonds.